The summed E-state index contributed by atoms with van der Waals surface area (Å²) in [6.07, 6.45) is 1.70. The van der Waals surface area contributed by atoms with Crippen LogP contribution in [0.5, 0.6) is 11.5 Å². The fraction of sp³-hybridized carbons (Fsp3) is 0.190. The lowest BCUT2D eigenvalue weighted by Gasteiger charge is -2.12. The molecule has 3 rings (SSSR count). The first-order chi connectivity index (χ1) is 13.2. The lowest BCUT2D eigenvalue weighted by atomic mass is 10.2. The monoisotopic (exact) mass is 438 g/mol. The van der Waals surface area contributed by atoms with E-state index >= 15 is 0 Å². The lowest BCUT2D eigenvalue weighted by molar-refractivity contribution is -0.686. The molecule has 0 bridgehead atoms. The van der Waals surface area contributed by atoms with E-state index in [2.05, 4.69) is 10.3 Å². The van der Waals surface area contributed by atoms with E-state index in [0.717, 1.165) is 34.8 Å². The smallest absolute Gasteiger partial charge is 0.161 e. The van der Waals surface area contributed by atoms with Crippen molar-refractivity contribution in [3.63, 3.8) is 0 Å². The highest BCUT2D eigenvalue weighted by Crippen LogP contribution is 2.28. The molecule has 1 aromatic heterocycles. The summed E-state index contributed by atoms with van der Waals surface area (Å²) < 4.78 is 11.3. The van der Waals surface area contributed by atoms with Crippen molar-refractivity contribution in [3.05, 3.63) is 87.7 Å². The number of hydrogen-bond donors (Lipinski definition) is 1. The van der Waals surface area contributed by atoms with Gasteiger partial charge in [-0.1, -0.05) is 47.5 Å². The molecule has 0 atom stereocenters. The summed E-state index contributed by atoms with van der Waals surface area (Å²) in [6.45, 7) is 2.05. The Kier molecular flexibility index (Phi) is 8.87. The molecule has 0 aliphatic carbocycles. The van der Waals surface area contributed by atoms with Gasteiger partial charge in [-0.3, -0.25) is 0 Å². The maximum atomic E-state index is 6.20. The Morgan fingerprint density at radius 2 is 1.71 bits per heavy atom. The molecule has 28 heavy (non-hydrogen) atoms. The molecule has 3 aromatic rings. The van der Waals surface area contributed by atoms with Crippen molar-refractivity contribution in [2.75, 3.05) is 7.11 Å². The number of ether oxygens (including phenoxy) is 2. The Morgan fingerprint density at radius 3 is 2.43 bits per heavy atom. The van der Waals surface area contributed by atoms with Crippen molar-refractivity contribution in [1.29, 1.82) is 0 Å². The quantitative estimate of drug-likeness (QED) is 0.537. The second kappa shape index (κ2) is 11.1. The normalized spacial score (nSPS) is 10.2. The summed E-state index contributed by atoms with van der Waals surface area (Å²) in [5.41, 5.74) is 3.22. The highest BCUT2D eigenvalue weighted by Gasteiger charge is 2.08. The summed E-state index contributed by atoms with van der Waals surface area (Å²) in [7, 11) is 1.64. The Labute approximate surface area is 181 Å². The molecule has 0 saturated carbocycles. The van der Waals surface area contributed by atoms with Crippen LogP contribution in [0.2, 0.25) is 10.2 Å². The second-order valence-electron chi connectivity index (χ2n) is 6.05. The molecule has 0 unspecified atom stereocenters. The lowest BCUT2D eigenvalue weighted by Crippen LogP contribution is -3.00. The Bertz CT molecular complexity index is 889. The zero-order chi connectivity index (χ0) is 19.1. The molecule has 4 nitrogen and oxygen atoms in total. The van der Waals surface area contributed by atoms with Crippen LogP contribution in [0.3, 0.4) is 0 Å². The van der Waals surface area contributed by atoms with Crippen molar-refractivity contribution in [2.45, 2.75) is 19.7 Å². The number of pyridine rings is 1. The first-order valence-electron chi connectivity index (χ1n) is 8.61. The number of aromatic nitrogens is 1. The molecule has 148 valence electrons. The summed E-state index contributed by atoms with van der Waals surface area (Å²) in [5, 5.41) is 3.47. The number of methoxy groups -OCH3 is 1. The minimum atomic E-state index is 0. The number of rotatable bonds is 8. The molecule has 0 amide bonds. The fourth-order valence-electron chi connectivity index (χ4n) is 2.67. The third-order valence-electron chi connectivity index (χ3n) is 4.11. The van der Waals surface area contributed by atoms with Crippen molar-refractivity contribution in [1.82, 2.24) is 4.98 Å². The van der Waals surface area contributed by atoms with E-state index in [1.165, 1.54) is 0 Å². The van der Waals surface area contributed by atoms with Crippen LogP contribution in [0.4, 0.5) is 0 Å². The van der Waals surface area contributed by atoms with Crippen LogP contribution >= 0.6 is 23.2 Å². The summed E-state index contributed by atoms with van der Waals surface area (Å²) >= 11 is 12.0. The van der Waals surface area contributed by atoms with Crippen molar-refractivity contribution >= 4 is 23.2 Å². The molecule has 2 N–H and O–H groups in total. The third-order valence-corrected chi connectivity index (χ3v) is 4.71. The molecular formula is C21H21Cl3N2O2. The van der Waals surface area contributed by atoms with Crippen LogP contribution in [-0.2, 0) is 19.7 Å². The van der Waals surface area contributed by atoms with E-state index in [4.69, 9.17) is 32.7 Å². The first-order valence-corrected chi connectivity index (χ1v) is 9.36. The van der Waals surface area contributed by atoms with Gasteiger partial charge in [0.05, 0.1) is 7.11 Å². The molecular weight excluding hydrogens is 419 g/mol. The molecule has 1 heterocycles. The van der Waals surface area contributed by atoms with E-state index in [0.29, 0.717) is 23.3 Å². The molecule has 7 heteroatoms. The molecule has 0 radical (unpaired) electrons. The minimum Gasteiger partial charge on any atom is -1.00 e. The summed E-state index contributed by atoms with van der Waals surface area (Å²) in [4.78, 5) is 4.05. The van der Waals surface area contributed by atoms with Gasteiger partial charge in [-0.25, -0.2) is 4.98 Å². The van der Waals surface area contributed by atoms with E-state index in [1.807, 2.05) is 48.5 Å². The molecule has 2 aromatic carbocycles. The van der Waals surface area contributed by atoms with E-state index in [1.54, 1.807) is 19.4 Å². The maximum absolute atomic E-state index is 6.20. The minimum absolute atomic E-state index is 0. The third kappa shape index (κ3) is 6.28. The Balaban J connectivity index is 0.00000280. The van der Waals surface area contributed by atoms with Gasteiger partial charge in [0.1, 0.15) is 24.8 Å². The number of nitrogens with two attached hydrogens (primary N) is 1. The summed E-state index contributed by atoms with van der Waals surface area (Å²) in [6, 6.07) is 17.5. The average Bonchev–Trinajstić information content (AvgIpc) is 2.69. The van der Waals surface area contributed by atoms with Gasteiger partial charge < -0.3 is 27.2 Å². The van der Waals surface area contributed by atoms with Crippen molar-refractivity contribution < 1.29 is 27.2 Å². The molecule has 0 aliphatic heterocycles. The van der Waals surface area contributed by atoms with Crippen LogP contribution < -0.4 is 27.2 Å². The van der Waals surface area contributed by atoms with Gasteiger partial charge in [-0.2, -0.15) is 0 Å². The van der Waals surface area contributed by atoms with Crippen molar-refractivity contribution in [2.24, 2.45) is 0 Å². The SMILES string of the molecule is COc1cc(C[NH2+]Cc2ccccc2Cl)ccc1OCc1ccc(Cl)nc1.[Cl-]. The Morgan fingerprint density at radius 1 is 0.929 bits per heavy atom. The van der Waals surface area contributed by atoms with Gasteiger partial charge in [0.15, 0.2) is 11.5 Å². The van der Waals surface area contributed by atoms with E-state index in [-0.39, 0.29) is 12.4 Å². The highest BCUT2D eigenvalue weighted by molar-refractivity contribution is 6.31. The largest absolute Gasteiger partial charge is 1.00 e. The van der Waals surface area contributed by atoms with Crippen LogP contribution in [0.1, 0.15) is 16.7 Å². The Hall–Kier alpha value is -1.98. The zero-order valence-corrected chi connectivity index (χ0v) is 17.6. The van der Waals surface area contributed by atoms with Gasteiger partial charge in [-0.05, 0) is 30.3 Å². The summed E-state index contributed by atoms with van der Waals surface area (Å²) in [5.74, 6) is 1.41. The standard InChI is InChI=1S/C21H20Cl2N2O2.ClH/c1-26-20-10-15(11-24-13-17-4-2-3-5-18(17)22)6-8-19(20)27-14-16-7-9-21(23)25-12-16;/h2-10,12,24H,11,13-14H2,1H3;1H. The molecule has 0 fully saturated rings. The highest BCUT2D eigenvalue weighted by atomic mass is 35.5. The van der Waals surface area contributed by atoms with Gasteiger partial charge in [0.2, 0.25) is 0 Å². The van der Waals surface area contributed by atoms with E-state index < -0.39 is 0 Å². The number of benzene rings is 2. The van der Waals surface area contributed by atoms with Gasteiger partial charge in [0.25, 0.3) is 0 Å². The van der Waals surface area contributed by atoms with Gasteiger partial charge >= 0.3 is 0 Å². The average molecular weight is 440 g/mol. The molecule has 0 saturated heterocycles. The van der Waals surface area contributed by atoms with Crippen LogP contribution in [0.25, 0.3) is 0 Å². The van der Waals surface area contributed by atoms with Crippen molar-refractivity contribution in [3.8, 4) is 11.5 Å². The fourth-order valence-corrected chi connectivity index (χ4v) is 2.99. The van der Waals surface area contributed by atoms with Crippen LogP contribution in [0, 0.1) is 0 Å². The zero-order valence-electron chi connectivity index (χ0n) is 15.4. The topological polar surface area (TPSA) is 48.0 Å². The number of quaternary nitrogens is 1. The number of nitrogens with zero attached hydrogens (tertiary/aromatic N) is 1. The predicted octanol–water partition coefficient (Wildman–Crippen LogP) is 1.24. The molecule has 0 spiro atoms. The molecule has 0 aliphatic rings. The predicted molar refractivity (Wildman–Crippen MR) is 107 cm³/mol. The van der Waals surface area contributed by atoms with Crippen LogP contribution in [-0.4, -0.2) is 12.1 Å². The first kappa shape index (κ1) is 22.3. The van der Waals surface area contributed by atoms with E-state index in [9.17, 15) is 0 Å². The number of hydrogen-bond acceptors (Lipinski definition) is 3. The van der Waals surface area contributed by atoms with Gasteiger partial charge in [-0.15, -0.1) is 0 Å². The van der Waals surface area contributed by atoms with Gasteiger partial charge in [0, 0.05) is 27.9 Å². The maximum Gasteiger partial charge on any atom is 0.161 e. The number of halogens is 3. The second-order valence-corrected chi connectivity index (χ2v) is 6.85. The van der Waals surface area contributed by atoms with Crippen LogP contribution in [0.15, 0.2) is 60.8 Å².